The molecule has 1 fully saturated rings. The summed E-state index contributed by atoms with van der Waals surface area (Å²) in [5, 5.41) is 3.13. The van der Waals surface area contributed by atoms with Gasteiger partial charge in [-0.15, -0.1) is 0 Å². The summed E-state index contributed by atoms with van der Waals surface area (Å²) in [6.45, 7) is 3.57. The molecule has 2 rings (SSSR count). The SMILES string of the molecule is CC1CC(NC(=O)c2ccc(C#CCN)cc2)CCN1C. The molecule has 4 heteroatoms. The molecule has 0 spiro atoms. The maximum Gasteiger partial charge on any atom is 0.251 e. The molecule has 4 nitrogen and oxygen atoms in total. The van der Waals surface area contributed by atoms with Gasteiger partial charge in [0, 0.05) is 29.8 Å². The molecule has 1 aliphatic rings. The fourth-order valence-corrected chi connectivity index (χ4v) is 2.55. The lowest BCUT2D eigenvalue weighted by Gasteiger charge is -2.35. The highest BCUT2D eigenvalue weighted by Crippen LogP contribution is 2.16. The highest BCUT2D eigenvalue weighted by Gasteiger charge is 2.24. The zero-order chi connectivity index (χ0) is 15.2. The molecule has 0 bridgehead atoms. The molecule has 0 radical (unpaired) electrons. The van der Waals surface area contributed by atoms with E-state index in [9.17, 15) is 4.79 Å². The lowest BCUT2D eigenvalue weighted by molar-refractivity contribution is 0.0896. The number of nitrogens with two attached hydrogens (primary N) is 1. The van der Waals surface area contributed by atoms with Gasteiger partial charge in [0.2, 0.25) is 0 Å². The minimum absolute atomic E-state index is 0.00455. The minimum atomic E-state index is -0.00455. The van der Waals surface area contributed by atoms with E-state index in [0.29, 0.717) is 18.2 Å². The second-order valence-corrected chi connectivity index (χ2v) is 5.61. The smallest absolute Gasteiger partial charge is 0.251 e. The third-order valence-electron chi connectivity index (χ3n) is 4.03. The van der Waals surface area contributed by atoms with Crippen LogP contribution in [0.25, 0.3) is 0 Å². The second-order valence-electron chi connectivity index (χ2n) is 5.61. The Morgan fingerprint density at radius 3 is 2.76 bits per heavy atom. The molecule has 1 aromatic carbocycles. The van der Waals surface area contributed by atoms with Crippen molar-refractivity contribution in [3.05, 3.63) is 35.4 Å². The molecule has 0 saturated carbocycles. The van der Waals surface area contributed by atoms with E-state index < -0.39 is 0 Å². The van der Waals surface area contributed by atoms with Crippen LogP contribution in [0.4, 0.5) is 0 Å². The Morgan fingerprint density at radius 1 is 1.43 bits per heavy atom. The number of benzene rings is 1. The average Bonchev–Trinajstić information content (AvgIpc) is 2.49. The largest absolute Gasteiger partial charge is 0.349 e. The van der Waals surface area contributed by atoms with E-state index in [2.05, 4.69) is 36.0 Å². The maximum atomic E-state index is 12.2. The molecular weight excluding hydrogens is 262 g/mol. The van der Waals surface area contributed by atoms with Crippen LogP contribution in [0.2, 0.25) is 0 Å². The van der Waals surface area contributed by atoms with E-state index in [4.69, 9.17) is 5.73 Å². The van der Waals surface area contributed by atoms with E-state index in [-0.39, 0.29) is 11.9 Å². The van der Waals surface area contributed by atoms with Crippen LogP contribution in [-0.4, -0.2) is 43.0 Å². The average molecular weight is 285 g/mol. The van der Waals surface area contributed by atoms with Gasteiger partial charge in [0.25, 0.3) is 5.91 Å². The van der Waals surface area contributed by atoms with Crippen molar-refractivity contribution in [2.45, 2.75) is 31.8 Å². The van der Waals surface area contributed by atoms with Crippen LogP contribution in [0.3, 0.4) is 0 Å². The fourth-order valence-electron chi connectivity index (χ4n) is 2.55. The Labute approximate surface area is 126 Å². The number of nitrogens with zero attached hydrogens (tertiary/aromatic N) is 1. The van der Waals surface area contributed by atoms with Gasteiger partial charge in [-0.1, -0.05) is 11.8 Å². The number of piperidine rings is 1. The summed E-state index contributed by atoms with van der Waals surface area (Å²) < 4.78 is 0. The Morgan fingerprint density at radius 2 is 2.14 bits per heavy atom. The molecule has 1 amide bonds. The van der Waals surface area contributed by atoms with Crippen molar-refractivity contribution < 1.29 is 4.79 Å². The van der Waals surface area contributed by atoms with Crippen molar-refractivity contribution in [3.8, 4) is 11.8 Å². The molecule has 2 unspecified atom stereocenters. The molecule has 0 aliphatic carbocycles. The van der Waals surface area contributed by atoms with Crippen LogP contribution in [-0.2, 0) is 0 Å². The van der Waals surface area contributed by atoms with Crippen LogP contribution in [0.5, 0.6) is 0 Å². The number of carbonyl (C=O) groups excluding carboxylic acids is 1. The fraction of sp³-hybridized carbons (Fsp3) is 0.471. The Hall–Kier alpha value is -1.83. The molecule has 112 valence electrons. The summed E-state index contributed by atoms with van der Waals surface area (Å²) in [5.74, 6) is 5.75. The van der Waals surface area contributed by atoms with Gasteiger partial charge in [-0.05, 0) is 51.1 Å². The van der Waals surface area contributed by atoms with Gasteiger partial charge in [-0.2, -0.15) is 0 Å². The highest BCUT2D eigenvalue weighted by molar-refractivity contribution is 5.94. The topological polar surface area (TPSA) is 58.4 Å². The summed E-state index contributed by atoms with van der Waals surface area (Å²) in [7, 11) is 2.13. The van der Waals surface area contributed by atoms with Crippen LogP contribution in [0.1, 0.15) is 35.7 Å². The van der Waals surface area contributed by atoms with Crippen molar-refractivity contribution in [1.82, 2.24) is 10.2 Å². The predicted molar refractivity (Wildman–Crippen MR) is 85.0 cm³/mol. The first-order valence-corrected chi connectivity index (χ1v) is 7.40. The van der Waals surface area contributed by atoms with Gasteiger partial charge < -0.3 is 16.0 Å². The molecule has 1 aliphatic heterocycles. The minimum Gasteiger partial charge on any atom is -0.349 e. The van der Waals surface area contributed by atoms with Crippen molar-refractivity contribution in [2.24, 2.45) is 5.73 Å². The maximum absolute atomic E-state index is 12.2. The van der Waals surface area contributed by atoms with Crippen LogP contribution >= 0.6 is 0 Å². The van der Waals surface area contributed by atoms with Crippen molar-refractivity contribution >= 4 is 5.91 Å². The molecule has 3 N–H and O–H groups in total. The molecule has 2 atom stereocenters. The quantitative estimate of drug-likeness (QED) is 0.803. The first-order valence-electron chi connectivity index (χ1n) is 7.40. The standard InChI is InChI=1S/C17H23N3O/c1-13-12-16(9-11-20(13)2)19-17(21)15-7-5-14(6-8-15)4-3-10-18/h5-8,13,16H,9-12,18H2,1-2H3,(H,19,21). The van der Waals surface area contributed by atoms with Gasteiger partial charge in [-0.3, -0.25) is 4.79 Å². The summed E-state index contributed by atoms with van der Waals surface area (Å²) in [4.78, 5) is 14.6. The molecule has 21 heavy (non-hydrogen) atoms. The van der Waals surface area contributed by atoms with Gasteiger partial charge in [-0.25, -0.2) is 0 Å². The lowest BCUT2D eigenvalue weighted by atomic mass is 9.98. The predicted octanol–water partition coefficient (Wildman–Crippen LogP) is 1.21. The van der Waals surface area contributed by atoms with E-state index in [0.717, 1.165) is 24.9 Å². The normalized spacial score (nSPS) is 22.2. The zero-order valence-electron chi connectivity index (χ0n) is 12.7. The van der Waals surface area contributed by atoms with Crippen molar-refractivity contribution in [3.63, 3.8) is 0 Å². The van der Waals surface area contributed by atoms with Crippen LogP contribution < -0.4 is 11.1 Å². The second kappa shape index (κ2) is 7.26. The van der Waals surface area contributed by atoms with E-state index in [1.165, 1.54) is 0 Å². The van der Waals surface area contributed by atoms with Gasteiger partial charge in [0.15, 0.2) is 0 Å². The summed E-state index contributed by atoms with van der Waals surface area (Å²) in [6.07, 6.45) is 2.01. The summed E-state index contributed by atoms with van der Waals surface area (Å²) in [6, 6.07) is 8.12. The van der Waals surface area contributed by atoms with E-state index in [1.807, 2.05) is 24.3 Å². The molecule has 1 saturated heterocycles. The number of carbonyl (C=O) groups is 1. The first kappa shape index (κ1) is 15.6. The number of hydrogen-bond donors (Lipinski definition) is 2. The Kier molecular flexibility index (Phi) is 5.38. The van der Waals surface area contributed by atoms with Crippen molar-refractivity contribution in [1.29, 1.82) is 0 Å². The molecule has 0 aromatic heterocycles. The Balaban J connectivity index is 1.94. The molecule has 1 heterocycles. The summed E-state index contributed by atoms with van der Waals surface area (Å²) in [5.41, 5.74) is 6.90. The lowest BCUT2D eigenvalue weighted by Crippen LogP contribution is -2.47. The van der Waals surface area contributed by atoms with Crippen LogP contribution in [0.15, 0.2) is 24.3 Å². The third-order valence-corrected chi connectivity index (χ3v) is 4.03. The van der Waals surface area contributed by atoms with E-state index >= 15 is 0 Å². The number of likely N-dealkylation sites (tertiary alicyclic amines) is 1. The van der Waals surface area contributed by atoms with Gasteiger partial charge in [0.1, 0.15) is 0 Å². The Bertz CT molecular complexity index is 541. The zero-order valence-corrected chi connectivity index (χ0v) is 12.7. The number of hydrogen-bond acceptors (Lipinski definition) is 3. The molecule has 1 aromatic rings. The third kappa shape index (κ3) is 4.32. The first-order chi connectivity index (χ1) is 10.1. The van der Waals surface area contributed by atoms with Crippen LogP contribution in [0, 0.1) is 11.8 Å². The van der Waals surface area contributed by atoms with Gasteiger partial charge in [0.05, 0.1) is 6.54 Å². The van der Waals surface area contributed by atoms with E-state index in [1.54, 1.807) is 0 Å². The number of rotatable bonds is 2. The number of amides is 1. The summed E-state index contributed by atoms with van der Waals surface area (Å²) >= 11 is 0. The van der Waals surface area contributed by atoms with Gasteiger partial charge >= 0.3 is 0 Å². The number of nitrogens with one attached hydrogen (secondary N) is 1. The molecular formula is C17H23N3O. The monoisotopic (exact) mass is 285 g/mol. The highest BCUT2D eigenvalue weighted by atomic mass is 16.1. The van der Waals surface area contributed by atoms with Crippen molar-refractivity contribution in [2.75, 3.05) is 20.1 Å².